The Morgan fingerprint density at radius 3 is 2.70 bits per heavy atom. The molecule has 0 saturated heterocycles. The van der Waals surface area contributed by atoms with Gasteiger partial charge in [0, 0.05) is 24.2 Å². The molecule has 1 fully saturated rings. The molecule has 1 aliphatic carbocycles. The second-order valence-electron chi connectivity index (χ2n) is 4.93. The van der Waals surface area contributed by atoms with Crippen LogP contribution in [0.5, 0.6) is 0 Å². The molecule has 0 heterocycles. The standard InChI is InChI=1S/C13H16ClN3O3/c1-3-15-12-9(14)5-8(6-11(12)17(19)20)13(18)16-10-4-7(10)2/h5-7,10,15H,3-4H2,1-2H3,(H,16,18). The SMILES string of the molecule is CCNc1c(Cl)cc(C(=O)NC2CC2C)cc1[N+](=O)[O-]. The number of benzene rings is 1. The lowest BCUT2D eigenvalue weighted by molar-refractivity contribution is -0.384. The number of rotatable bonds is 5. The number of nitro benzene ring substituents is 1. The molecule has 1 aromatic rings. The van der Waals surface area contributed by atoms with Gasteiger partial charge in [0.1, 0.15) is 5.69 Å². The lowest BCUT2D eigenvalue weighted by Gasteiger charge is -2.10. The van der Waals surface area contributed by atoms with Crippen molar-refractivity contribution in [3.8, 4) is 0 Å². The summed E-state index contributed by atoms with van der Waals surface area (Å²) in [6.07, 6.45) is 0.942. The minimum atomic E-state index is -0.541. The Hall–Kier alpha value is -1.82. The fraction of sp³-hybridized carbons (Fsp3) is 0.462. The van der Waals surface area contributed by atoms with Gasteiger partial charge >= 0.3 is 0 Å². The Bertz CT molecular complexity index is 562. The normalized spacial score (nSPS) is 20.4. The molecule has 0 aromatic heterocycles. The molecule has 2 rings (SSSR count). The molecular weight excluding hydrogens is 282 g/mol. The van der Waals surface area contributed by atoms with E-state index >= 15 is 0 Å². The first-order valence-electron chi connectivity index (χ1n) is 6.46. The van der Waals surface area contributed by atoms with Crippen LogP contribution in [0.2, 0.25) is 5.02 Å². The molecule has 2 unspecified atom stereocenters. The Kier molecular flexibility index (Phi) is 4.13. The number of halogens is 1. The minimum absolute atomic E-state index is 0.161. The fourth-order valence-electron chi connectivity index (χ4n) is 1.99. The van der Waals surface area contributed by atoms with E-state index in [0.717, 1.165) is 6.42 Å². The molecule has 7 heteroatoms. The number of carbonyl (C=O) groups is 1. The largest absolute Gasteiger partial charge is 0.379 e. The third-order valence-corrected chi connectivity index (χ3v) is 3.61. The van der Waals surface area contributed by atoms with Crippen molar-refractivity contribution in [2.24, 2.45) is 5.92 Å². The molecule has 0 bridgehead atoms. The summed E-state index contributed by atoms with van der Waals surface area (Å²) in [5.41, 5.74) is 0.270. The van der Waals surface area contributed by atoms with E-state index in [4.69, 9.17) is 11.6 Å². The molecule has 0 radical (unpaired) electrons. The van der Waals surface area contributed by atoms with E-state index in [1.54, 1.807) is 0 Å². The fourth-order valence-corrected chi connectivity index (χ4v) is 2.28. The van der Waals surface area contributed by atoms with E-state index in [9.17, 15) is 14.9 Å². The van der Waals surface area contributed by atoms with Gasteiger partial charge in [0.05, 0.1) is 9.95 Å². The Labute approximate surface area is 121 Å². The van der Waals surface area contributed by atoms with Crippen molar-refractivity contribution in [1.29, 1.82) is 0 Å². The van der Waals surface area contributed by atoms with Crippen molar-refractivity contribution in [3.63, 3.8) is 0 Å². The highest BCUT2D eigenvalue weighted by Gasteiger charge is 2.34. The van der Waals surface area contributed by atoms with Crippen molar-refractivity contribution < 1.29 is 9.72 Å². The number of nitrogens with zero attached hydrogens (tertiary/aromatic N) is 1. The Balaban J connectivity index is 2.30. The third-order valence-electron chi connectivity index (χ3n) is 3.31. The zero-order valence-electron chi connectivity index (χ0n) is 11.3. The molecule has 1 aromatic carbocycles. The minimum Gasteiger partial charge on any atom is -0.379 e. The number of nitro groups is 1. The second-order valence-corrected chi connectivity index (χ2v) is 5.34. The van der Waals surface area contributed by atoms with Gasteiger partial charge < -0.3 is 10.6 Å². The molecule has 1 aliphatic rings. The predicted octanol–water partition coefficient (Wildman–Crippen LogP) is 2.82. The van der Waals surface area contributed by atoms with Crippen LogP contribution in [0.1, 0.15) is 30.6 Å². The molecule has 1 amide bonds. The van der Waals surface area contributed by atoms with Crippen molar-refractivity contribution in [2.75, 3.05) is 11.9 Å². The molecule has 6 nitrogen and oxygen atoms in total. The summed E-state index contributed by atoms with van der Waals surface area (Å²) in [4.78, 5) is 22.6. The summed E-state index contributed by atoms with van der Waals surface area (Å²) in [5.74, 6) is 0.137. The number of amides is 1. The molecular formula is C13H16ClN3O3. The van der Waals surface area contributed by atoms with Gasteiger partial charge in [0.2, 0.25) is 0 Å². The van der Waals surface area contributed by atoms with E-state index in [0.29, 0.717) is 12.5 Å². The molecule has 20 heavy (non-hydrogen) atoms. The summed E-state index contributed by atoms with van der Waals surface area (Å²) in [6, 6.07) is 2.87. The number of hydrogen-bond donors (Lipinski definition) is 2. The topological polar surface area (TPSA) is 84.3 Å². The van der Waals surface area contributed by atoms with Crippen molar-refractivity contribution in [3.05, 3.63) is 32.8 Å². The zero-order valence-corrected chi connectivity index (χ0v) is 12.0. The summed E-state index contributed by atoms with van der Waals surface area (Å²) < 4.78 is 0. The monoisotopic (exact) mass is 297 g/mol. The highest BCUT2D eigenvalue weighted by molar-refractivity contribution is 6.34. The molecule has 2 N–H and O–H groups in total. The van der Waals surface area contributed by atoms with Gasteiger partial charge in [-0.25, -0.2) is 0 Å². The summed E-state index contributed by atoms with van der Waals surface area (Å²) in [7, 11) is 0. The van der Waals surface area contributed by atoms with Gasteiger partial charge in [-0.15, -0.1) is 0 Å². The summed E-state index contributed by atoms with van der Waals surface area (Å²) in [5, 5.41) is 16.9. The maximum absolute atomic E-state index is 12.0. The van der Waals surface area contributed by atoms with Crippen LogP contribution in [0.3, 0.4) is 0 Å². The molecule has 108 valence electrons. The van der Waals surface area contributed by atoms with Crippen LogP contribution in [-0.2, 0) is 0 Å². The van der Waals surface area contributed by atoms with Crippen LogP contribution in [-0.4, -0.2) is 23.4 Å². The first-order chi connectivity index (χ1) is 9.43. The van der Waals surface area contributed by atoms with E-state index in [-0.39, 0.29) is 33.9 Å². The lowest BCUT2D eigenvalue weighted by atomic mass is 10.1. The van der Waals surface area contributed by atoms with Gasteiger partial charge in [-0.05, 0) is 25.3 Å². The highest BCUT2D eigenvalue weighted by Crippen LogP contribution is 2.34. The van der Waals surface area contributed by atoms with Crippen LogP contribution >= 0.6 is 11.6 Å². The number of carbonyl (C=O) groups excluding carboxylic acids is 1. The molecule has 1 saturated carbocycles. The number of hydrogen-bond acceptors (Lipinski definition) is 4. The first kappa shape index (κ1) is 14.6. The molecule has 0 aliphatic heterocycles. The van der Waals surface area contributed by atoms with Gasteiger partial charge in [-0.1, -0.05) is 18.5 Å². The van der Waals surface area contributed by atoms with Crippen molar-refractivity contribution >= 4 is 28.9 Å². The average molecular weight is 298 g/mol. The maximum Gasteiger partial charge on any atom is 0.294 e. The lowest BCUT2D eigenvalue weighted by Crippen LogP contribution is -2.26. The van der Waals surface area contributed by atoms with E-state index in [1.807, 2.05) is 13.8 Å². The molecule has 0 spiro atoms. The quantitative estimate of drug-likeness (QED) is 0.646. The van der Waals surface area contributed by atoms with Gasteiger partial charge in [-0.2, -0.15) is 0 Å². The van der Waals surface area contributed by atoms with E-state index in [1.165, 1.54) is 12.1 Å². The van der Waals surface area contributed by atoms with Gasteiger partial charge in [-0.3, -0.25) is 14.9 Å². The highest BCUT2D eigenvalue weighted by atomic mass is 35.5. The van der Waals surface area contributed by atoms with Crippen molar-refractivity contribution in [1.82, 2.24) is 5.32 Å². The average Bonchev–Trinajstić information content (AvgIpc) is 3.06. The Morgan fingerprint density at radius 1 is 1.55 bits per heavy atom. The van der Waals surface area contributed by atoms with Crippen LogP contribution in [0.15, 0.2) is 12.1 Å². The first-order valence-corrected chi connectivity index (χ1v) is 6.84. The van der Waals surface area contributed by atoms with Crippen molar-refractivity contribution in [2.45, 2.75) is 26.3 Å². The summed E-state index contributed by atoms with van der Waals surface area (Å²) >= 11 is 6.04. The van der Waals surface area contributed by atoms with Crippen LogP contribution in [0.4, 0.5) is 11.4 Å². The maximum atomic E-state index is 12.0. The van der Waals surface area contributed by atoms with Crippen LogP contribution in [0.25, 0.3) is 0 Å². The van der Waals surface area contributed by atoms with E-state index < -0.39 is 4.92 Å². The summed E-state index contributed by atoms with van der Waals surface area (Å²) in [6.45, 7) is 4.36. The van der Waals surface area contributed by atoms with Crippen LogP contribution < -0.4 is 10.6 Å². The zero-order chi connectivity index (χ0) is 14.9. The van der Waals surface area contributed by atoms with Gasteiger partial charge in [0.25, 0.3) is 11.6 Å². The van der Waals surface area contributed by atoms with Gasteiger partial charge in [0.15, 0.2) is 0 Å². The number of nitrogens with one attached hydrogen (secondary N) is 2. The number of anilines is 1. The molecule has 2 atom stereocenters. The third kappa shape index (κ3) is 3.01. The Morgan fingerprint density at radius 2 is 2.20 bits per heavy atom. The van der Waals surface area contributed by atoms with Crippen LogP contribution in [0, 0.1) is 16.0 Å². The predicted molar refractivity (Wildman–Crippen MR) is 77.3 cm³/mol. The van der Waals surface area contributed by atoms with E-state index in [2.05, 4.69) is 10.6 Å². The second kappa shape index (κ2) is 5.66. The smallest absolute Gasteiger partial charge is 0.294 e.